The number of furan rings is 1. The Morgan fingerprint density at radius 1 is 1.62 bits per heavy atom. The van der Waals surface area contributed by atoms with Crippen molar-refractivity contribution in [3.8, 4) is 0 Å². The summed E-state index contributed by atoms with van der Waals surface area (Å²) in [6.07, 6.45) is 1.07. The van der Waals surface area contributed by atoms with Crippen molar-refractivity contribution in [2.75, 3.05) is 6.54 Å². The average Bonchev–Trinajstić information content (AvgIpc) is 2.84. The number of carbonyl (C=O) groups excluding carboxylic acids is 1. The number of hydrogen-bond donors (Lipinski definition) is 2. The van der Waals surface area contributed by atoms with Gasteiger partial charge in [0.2, 0.25) is 5.91 Å². The Morgan fingerprint density at radius 2 is 2.44 bits per heavy atom. The Labute approximate surface area is 95.4 Å². The van der Waals surface area contributed by atoms with Gasteiger partial charge in [-0.15, -0.1) is 0 Å². The molecule has 0 spiro atoms. The minimum atomic E-state index is -0.0453. The number of aryl methyl sites for hydroxylation is 1. The zero-order chi connectivity index (χ0) is 11.5. The highest BCUT2D eigenvalue weighted by molar-refractivity contribution is 5.82. The molecule has 88 valence electrons. The molecule has 0 aliphatic carbocycles. The zero-order valence-corrected chi connectivity index (χ0v) is 9.75. The van der Waals surface area contributed by atoms with Gasteiger partial charge in [0.1, 0.15) is 11.5 Å². The molecule has 2 N–H and O–H groups in total. The second kappa shape index (κ2) is 4.70. The fourth-order valence-electron chi connectivity index (χ4n) is 2.05. The van der Waals surface area contributed by atoms with E-state index in [0.29, 0.717) is 12.5 Å². The lowest BCUT2D eigenvalue weighted by molar-refractivity contribution is -0.123. The van der Waals surface area contributed by atoms with Crippen LogP contribution in [0.1, 0.15) is 24.9 Å². The van der Waals surface area contributed by atoms with Gasteiger partial charge in [0, 0.05) is 0 Å². The Kier molecular flexibility index (Phi) is 3.29. The summed E-state index contributed by atoms with van der Waals surface area (Å²) in [5.74, 6) is 2.16. The van der Waals surface area contributed by atoms with Crippen molar-refractivity contribution >= 4 is 5.91 Å². The van der Waals surface area contributed by atoms with E-state index in [2.05, 4.69) is 17.6 Å². The first-order valence-electron chi connectivity index (χ1n) is 5.73. The third kappa shape index (κ3) is 2.44. The quantitative estimate of drug-likeness (QED) is 0.808. The van der Waals surface area contributed by atoms with Gasteiger partial charge in [-0.05, 0) is 37.9 Å². The van der Waals surface area contributed by atoms with Crippen molar-refractivity contribution in [2.45, 2.75) is 32.9 Å². The van der Waals surface area contributed by atoms with E-state index in [-0.39, 0.29) is 11.9 Å². The summed E-state index contributed by atoms with van der Waals surface area (Å²) in [4.78, 5) is 11.8. The Hall–Kier alpha value is -1.29. The lowest BCUT2D eigenvalue weighted by Crippen LogP contribution is -2.42. The molecule has 4 heteroatoms. The molecule has 2 atom stereocenters. The van der Waals surface area contributed by atoms with E-state index in [1.807, 2.05) is 19.1 Å². The SMILES string of the molecule is Cc1ccc(CNC(=O)C2NCCC2C)o1. The van der Waals surface area contributed by atoms with E-state index in [0.717, 1.165) is 24.5 Å². The summed E-state index contributed by atoms with van der Waals surface area (Å²) >= 11 is 0. The highest BCUT2D eigenvalue weighted by atomic mass is 16.3. The van der Waals surface area contributed by atoms with Gasteiger partial charge < -0.3 is 15.1 Å². The zero-order valence-electron chi connectivity index (χ0n) is 9.75. The lowest BCUT2D eigenvalue weighted by Gasteiger charge is -2.14. The summed E-state index contributed by atoms with van der Waals surface area (Å²) in [5.41, 5.74) is 0. The molecule has 4 nitrogen and oxygen atoms in total. The molecular weight excluding hydrogens is 204 g/mol. The fourth-order valence-corrected chi connectivity index (χ4v) is 2.05. The van der Waals surface area contributed by atoms with Crippen LogP contribution in [0.5, 0.6) is 0 Å². The third-order valence-corrected chi connectivity index (χ3v) is 3.05. The maximum atomic E-state index is 11.8. The summed E-state index contributed by atoms with van der Waals surface area (Å²) < 4.78 is 5.39. The number of hydrogen-bond acceptors (Lipinski definition) is 3. The molecule has 1 aliphatic rings. The molecule has 1 aromatic rings. The first-order valence-corrected chi connectivity index (χ1v) is 5.73. The molecule has 1 saturated heterocycles. The molecule has 0 aromatic carbocycles. The molecule has 0 bridgehead atoms. The summed E-state index contributed by atoms with van der Waals surface area (Å²) in [7, 11) is 0. The van der Waals surface area contributed by atoms with Crippen molar-refractivity contribution in [2.24, 2.45) is 5.92 Å². The minimum absolute atomic E-state index is 0.0453. The predicted octanol–water partition coefficient (Wildman–Crippen LogP) is 1.20. The molecule has 0 radical (unpaired) electrons. The van der Waals surface area contributed by atoms with Gasteiger partial charge in [0.25, 0.3) is 0 Å². The monoisotopic (exact) mass is 222 g/mol. The maximum Gasteiger partial charge on any atom is 0.237 e. The summed E-state index contributed by atoms with van der Waals surface area (Å²) in [5, 5.41) is 6.09. The second-order valence-corrected chi connectivity index (χ2v) is 4.43. The minimum Gasteiger partial charge on any atom is -0.465 e. The van der Waals surface area contributed by atoms with E-state index in [1.165, 1.54) is 0 Å². The average molecular weight is 222 g/mol. The van der Waals surface area contributed by atoms with Crippen molar-refractivity contribution in [3.05, 3.63) is 23.7 Å². The molecule has 0 saturated carbocycles. The van der Waals surface area contributed by atoms with Gasteiger partial charge in [0.15, 0.2) is 0 Å². The second-order valence-electron chi connectivity index (χ2n) is 4.43. The first-order chi connectivity index (χ1) is 7.66. The van der Waals surface area contributed by atoms with E-state index >= 15 is 0 Å². The van der Waals surface area contributed by atoms with E-state index in [9.17, 15) is 4.79 Å². The third-order valence-electron chi connectivity index (χ3n) is 3.05. The topological polar surface area (TPSA) is 54.3 Å². The van der Waals surface area contributed by atoms with Gasteiger partial charge in [0.05, 0.1) is 12.6 Å². The van der Waals surface area contributed by atoms with Crippen molar-refractivity contribution < 1.29 is 9.21 Å². The Morgan fingerprint density at radius 3 is 3.00 bits per heavy atom. The molecule has 1 fully saturated rings. The van der Waals surface area contributed by atoms with Crippen LogP contribution in [0, 0.1) is 12.8 Å². The van der Waals surface area contributed by atoms with Crippen LogP contribution in [0.3, 0.4) is 0 Å². The standard InChI is InChI=1S/C12H18N2O2/c1-8-5-6-13-11(8)12(15)14-7-10-4-3-9(2)16-10/h3-4,8,11,13H,5-7H2,1-2H3,(H,14,15). The molecule has 2 rings (SSSR count). The Bertz CT molecular complexity index is 373. The molecule has 2 heterocycles. The number of nitrogens with one attached hydrogen (secondary N) is 2. The van der Waals surface area contributed by atoms with Crippen molar-refractivity contribution in [3.63, 3.8) is 0 Å². The van der Waals surface area contributed by atoms with Crippen LogP contribution in [-0.4, -0.2) is 18.5 Å². The van der Waals surface area contributed by atoms with Crippen LogP contribution in [0.15, 0.2) is 16.5 Å². The van der Waals surface area contributed by atoms with E-state index in [4.69, 9.17) is 4.42 Å². The Balaban J connectivity index is 1.83. The van der Waals surface area contributed by atoms with Crippen LogP contribution in [0.4, 0.5) is 0 Å². The largest absolute Gasteiger partial charge is 0.465 e. The van der Waals surface area contributed by atoms with Crippen molar-refractivity contribution in [1.29, 1.82) is 0 Å². The molecule has 1 aromatic heterocycles. The van der Waals surface area contributed by atoms with Crippen LogP contribution >= 0.6 is 0 Å². The lowest BCUT2D eigenvalue weighted by atomic mass is 10.0. The first kappa shape index (κ1) is 11.2. The molecule has 1 amide bonds. The van der Waals surface area contributed by atoms with Gasteiger partial charge in [-0.3, -0.25) is 4.79 Å². The highest BCUT2D eigenvalue weighted by Crippen LogP contribution is 2.14. The highest BCUT2D eigenvalue weighted by Gasteiger charge is 2.28. The maximum absolute atomic E-state index is 11.8. The van der Waals surface area contributed by atoms with Crippen molar-refractivity contribution in [1.82, 2.24) is 10.6 Å². The fraction of sp³-hybridized carbons (Fsp3) is 0.583. The summed E-state index contributed by atoms with van der Waals surface area (Å²) in [6, 6.07) is 3.75. The normalized spacial score (nSPS) is 24.6. The number of carbonyl (C=O) groups is 1. The van der Waals surface area contributed by atoms with E-state index in [1.54, 1.807) is 0 Å². The number of rotatable bonds is 3. The predicted molar refractivity (Wildman–Crippen MR) is 60.9 cm³/mol. The summed E-state index contributed by atoms with van der Waals surface area (Å²) in [6.45, 7) is 5.39. The van der Waals surface area contributed by atoms with Crippen LogP contribution in [0.25, 0.3) is 0 Å². The van der Waals surface area contributed by atoms with Gasteiger partial charge >= 0.3 is 0 Å². The smallest absolute Gasteiger partial charge is 0.237 e. The van der Waals surface area contributed by atoms with Gasteiger partial charge in [-0.2, -0.15) is 0 Å². The molecular formula is C12H18N2O2. The van der Waals surface area contributed by atoms with Crippen LogP contribution in [0.2, 0.25) is 0 Å². The van der Waals surface area contributed by atoms with Crippen LogP contribution in [-0.2, 0) is 11.3 Å². The molecule has 16 heavy (non-hydrogen) atoms. The molecule has 2 unspecified atom stereocenters. The van der Waals surface area contributed by atoms with Crippen LogP contribution < -0.4 is 10.6 Å². The number of amides is 1. The van der Waals surface area contributed by atoms with Gasteiger partial charge in [-0.1, -0.05) is 6.92 Å². The van der Waals surface area contributed by atoms with Gasteiger partial charge in [-0.25, -0.2) is 0 Å². The van der Waals surface area contributed by atoms with E-state index < -0.39 is 0 Å². The molecule has 1 aliphatic heterocycles.